The number of nitrogens with one attached hydrogen (secondary N) is 1. The number of methoxy groups -OCH3 is 1. The summed E-state index contributed by atoms with van der Waals surface area (Å²) < 4.78 is 16.8. The van der Waals surface area contributed by atoms with E-state index < -0.39 is 0 Å². The smallest absolute Gasteiger partial charge is 0.234 e. The largest absolute Gasteiger partial charge is 0.497 e. The number of hydrogen-bond donors (Lipinski definition) is 1. The van der Waals surface area contributed by atoms with Gasteiger partial charge in [0.1, 0.15) is 19.0 Å². The van der Waals surface area contributed by atoms with Crippen molar-refractivity contribution in [3.63, 3.8) is 0 Å². The van der Waals surface area contributed by atoms with Gasteiger partial charge in [-0.15, -0.1) is 0 Å². The van der Waals surface area contributed by atoms with Crippen molar-refractivity contribution in [1.29, 1.82) is 0 Å². The van der Waals surface area contributed by atoms with Crippen molar-refractivity contribution in [3.8, 4) is 17.2 Å². The first kappa shape index (κ1) is 21.1. The third-order valence-corrected chi connectivity index (χ3v) is 6.89. The Kier molecular flexibility index (Phi) is 5.96. The van der Waals surface area contributed by atoms with Gasteiger partial charge in [-0.1, -0.05) is 31.0 Å². The molecule has 1 heterocycles. The lowest BCUT2D eigenvalue weighted by Gasteiger charge is -2.33. The number of nitrogens with zero attached hydrogens (tertiary/aromatic N) is 1. The fourth-order valence-electron chi connectivity index (χ4n) is 5.02. The molecule has 0 unspecified atom stereocenters. The van der Waals surface area contributed by atoms with Crippen molar-refractivity contribution in [2.75, 3.05) is 26.9 Å². The minimum absolute atomic E-state index is 0.0993. The first-order valence-corrected chi connectivity index (χ1v) is 11.7. The maximum Gasteiger partial charge on any atom is 0.234 e. The van der Waals surface area contributed by atoms with Gasteiger partial charge < -0.3 is 19.5 Å². The molecular formula is C26H32N2O4. The second kappa shape index (κ2) is 9.02. The fourth-order valence-corrected chi connectivity index (χ4v) is 5.02. The molecule has 5 rings (SSSR count). The van der Waals surface area contributed by atoms with Crippen LogP contribution in [0.2, 0.25) is 0 Å². The fraction of sp³-hybridized carbons (Fsp3) is 0.500. The van der Waals surface area contributed by atoms with Crippen molar-refractivity contribution in [1.82, 2.24) is 10.2 Å². The first-order chi connectivity index (χ1) is 15.6. The summed E-state index contributed by atoms with van der Waals surface area (Å²) in [5, 5.41) is 3.44. The zero-order valence-electron chi connectivity index (χ0n) is 18.8. The molecule has 0 spiro atoms. The Bertz CT molecular complexity index is 949. The van der Waals surface area contributed by atoms with Gasteiger partial charge in [-0.05, 0) is 61.1 Å². The van der Waals surface area contributed by atoms with E-state index in [0.717, 1.165) is 67.9 Å². The molecule has 0 atom stereocenters. The quantitative estimate of drug-likeness (QED) is 0.677. The minimum atomic E-state index is -0.317. The molecule has 0 aromatic heterocycles. The SMILES string of the molecule is COc1ccc(CN(CC(=O)NC2(c3ccc4c(c3)OCCO4)CCCC2)C2CC2)cc1. The summed E-state index contributed by atoms with van der Waals surface area (Å²) in [6, 6.07) is 14.8. The molecule has 2 aromatic rings. The van der Waals surface area contributed by atoms with Gasteiger partial charge in [0.05, 0.1) is 19.2 Å². The number of benzene rings is 2. The third kappa shape index (κ3) is 4.56. The summed E-state index contributed by atoms with van der Waals surface area (Å²) in [4.78, 5) is 15.6. The van der Waals surface area contributed by atoms with Crippen molar-refractivity contribution in [2.24, 2.45) is 0 Å². The van der Waals surface area contributed by atoms with Crippen LogP contribution in [0.3, 0.4) is 0 Å². The zero-order valence-corrected chi connectivity index (χ0v) is 18.8. The van der Waals surface area contributed by atoms with Gasteiger partial charge >= 0.3 is 0 Å². The average molecular weight is 437 g/mol. The Morgan fingerprint density at radius 1 is 1.06 bits per heavy atom. The van der Waals surface area contributed by atoms with Gasteiger partial charge in [0.25, 0.3) is 0 Å². The van der Waals surface area contributed by atoms with Crippen LogP contribution in [0.25, 0.3) is 0 Å². The lowest BCUT2D eigenvalue weighted by atomic mass is 9.87. The number of rotatable bonds is 8. The molecule has 0 radical (unpaired) electrons. The minimum Gasteiger partial charge on any atom is -0.497 e. The second-order valence-corrected chi connectivity index (χ2v) is 9.18. The third-order valence-electron chi connectivity index (χ3n) is 6.89. The van der Waals surface area contributed by atoms with E-state index in [4.69, 9.17) is 14.2 Å². The molecule has 170 valence electrons. The molecule has 6 nitrogen and oxygen atoms in total. The summed E-state index contributed by atoms with van der Waals surface area (Å²) in [5.41, 5.74) is 2.01. The van der Waals surface area contributed by atoms with E-state index in [1.165, 1.54) is 5.56 Å². The maximum atomic E-state index is 13.3. The van der Waals surface area contributed by atoms with E-state index in [-0.39, 0.29) is 11.4 Å². The highest BCUT2D eigenvalue weighted by atomic mass is 16.6. The van der Waals surface area contributed by atoms with Crippen LogP contribution in [0.1, 0.15) is 49.7 Å². The number of ether oxygens (including phenoxy) is 3. The summed E-state index contributed by atoms with van der Waals surface area (Å²) >= 11 is 0. The predicted octanol–water partition coefficient (Wildman–Crippen LogP) is 4.02. The van der Waals surface area contributed by atoms with Crippen molar-refractivity contribution in [2.45, 2.75) is 56.7 Å². The van der Waals surface area contributed by atoms with Gasteiger partial charge in [0, 0.05) is 12.6 Å². The molecule has 1 aliphatic heterocycles. The van der Waals surface area contributed by atoms with E-state index in [9.17, 15) is 4.79 Å². The van der Waals surface area contributed by atoms with E-state index in [2.05, 4.69) is 34.5 Å². The standard InChI is InChI=1S/C26H32N2O4/c1-30-22-9-4-19(5-10-22)17-28(21-7-8-21)18-25(29)27-26(12-2-3-13-26)20-6-11-23-24(16-20)32-15-14-31-23/h4-6,9-11,16,21H,2-3,7-8,12-15,17-18H2,1H3,(H,27,29). The number of amides is 1. The first-order valence-electron chi connectivity index (χ1n) is 11.7. The zero-order chi connectivity index (χ0) is 22.0. The predicted molar refractivity (Wildman–Crippen MR) is 122 cm³/mol. The average Bonchev–Trinajstić information content (AvgIpc) is 3.57. The Balaban J connectivity index is 1.29. The molecule has 2 aliphatic carbocycles. The Morgan fingerprint density at radius 2 is 1.78 bits per heavy atom. The topological polar surface area (TPSA) is 60.0 Å². The highest BCUT2D eigenvalue weighted by molar-refractivity contribution is 5.79. The summed E-state index contributed by atoms with van der Waals surface area (Å²) in [5.74, 6) is 2.53. The molecule has 3 aliphatic rings. The van der Waals surface area contributed by atoms with Crippen LogP contribution in [0.4, 0.5) is 0 Å². The van der Waals surface area contributed by atoms with Crippen LogP contribution in [0.5, 0.6) is 17.2 Å². The van der Waals surface area contributed by atoms with Gasteiger partial charge in [0.2, 0.25) is 5.91 Å². The van der Waals surface area contributed by atoms with E-state index in [0.29, 0.717) is 25.8 Å². The maximum absolute atomic E-state index is 13.3. The normalized spacial score (nSPS) is 19.1. The molecule has 2 aromatic carbocycles. The molecule has 2 saturated carbocycles. The van der Waals surface area contributed by atoms with E-state index in [1.807, 2.05) is 18.2 Å². The van der Waals surface area contributed by atoms with Crippen molar-refractivity contribution in [3.05, 3.63) is 53.6 Å². The van der Waals surface area contributed by atoms with Gasteiger partial charge in [0.15, 0.2) is 11.5 Å². The Labute approximate surface area is 189 Å². The van der Waals surface area contributed by atoms with Crippen LogP contribution in [0, 0.1) is 0 Å². The molecule has 6 heteroatoms. The molecule has 0 saturated heterocycles. The molecule has 1 amide bonds. The van der Waals surface area contributed by atoms with Crippen LogP contribution < -0.4 is 19.5 Å². The van der Waals surface area contributed by atoms with Gasteiger partial charge in [-0.2, -0.15) is 0 Å². The van der Waals surface area contributed by atoms with E-state index >= 15 is 0 Å². The van der Waals surface area contributed by atoms with Gasteiger partial charge in [-0.25, -0.2) is 0 Å². The number of carbonyl (C=O) groups is 1. The highest BCUT2D eigenvalue weighted by Crippen LogP contribution is 2.42. The molecule has 1 N–H and O–H groups in total. The van der Waals surface area contributed by atoms with Crippen molar-refractivity contribution < 1.29 is 19.0 Å². The molecule has 2 fully saturated rings. The monoisotopic (exact) mass is 436 g/mol. The second-order valence-electron chi connectivity index (χ2n) is 9.18. The van der Waals surface area contributed by atoms with Crippen molar-refractivity contribution >= 4 is 5.91 Å². The Morgan fingerprint density at radius 3 is 2.47 bits per heavy atom. The summed E-state index contributed by atoms with van der Waals surface area (Å²) in [6.45, 7) is 2.35. The Hall–Kier alpha value is -2.73. The number of fused-ring (bicyclic) bond motifs is 1. The molecule has 0 bridgehead atoms. The lowest BCUT2D eigenvalue weighted by molar-refractivity contribution is -0.124. The lowest BCUT2D eigenvalue weighted by Crippen LogP contribution is -2.48. The summed E-state index contributed by atoms with van der Waals surface area (Å²) in [7, 11) is 1.68. The van der Waals surface area contributed by atoms with Crippen LogP contribution in [0.15, 0.2) is 42.5 Å². The van der Waals surface area contributed by atoms with Crippen LogP contribution >= 0.6 is 0 Å². The number of hydrogen-bond acceptors (Lipinski definition) is 5. The molecular weight excluding hydrogens is 404 g/mol. The van der Waals surface area contributed by atoms with Crippen LogP contribution in [-0.2, 0) is 16.9 Å². The highest BCUT2D eigenvalue weighted by Gasteiger charge is 2.39. The van der Waals surface area contributed by atoms with E-state index in [1.54, 1.807) is 7.11 Å². The molecule has 32 heavy (non-hydrogen) atoms. The van der Waals surface area contributed by atoms with Gasteiger partial charge in [-0.3, -0.25) is 9.69 Å². The number of carbonyl (C=O) groups excluding carboxylic acids is 1. The van der Waals surface area contributed by atoms with Crippen LogP contribution in [-0.4, -0.2) is 43.7 Å². The summed E-state index contributed by atoms with van der Waals surface area (Å²) in [6.07, 6.45) is 6.48.